The first-order valence-electron chi connectivity index (χ1n) is 19.8. The Morgan fingerprint density at radius 3 is 2.04 bits per heavy atom. The number of benzene rings is 2. The van der Waals surface area contributed by atoms with Crippen LogP contribution in [0.15, 0.2) is 97.4 Å². The maximum atomic E-state index is 11.7. The van der Waals surface area contributed by atoms with E-state index < -0.39 is 0 Å². The lowest BCUT2D eigenvalue weighted by Crippen LogP contribution is -2.15. The van der Waals surface area contributed by atoms with Gasteiger partial charge in [-0.1, -0.05) is 115 Å². The molecule has 0 spiro atoms. The van der Waals surface area contributed by atoms with Gasteiger partial charge in [-0.15, -0.1) is 22.7 Å². The molecule has 0 aliphatic heterocycles. The summed E-state index contributed by atoms with van der Waals surface area (Å²) < 4.78 is 16.9. The Morgan fingerprint density at radius 2 is 1.38 bits per heavy atom. The van der Waals surface area contributed by atoms with Crippen molar-refractivity contribution in [3.63, 3.8) is 0 Å². The fraction of sp³-hybridized carbons (Fsp3) is 0.413. The summed E-state index contributed by atoms with van der Waals surface area (Å²) in [7, 11) is 0. The zero-order chi connectivity index (χ0) is 37.3. The second-order valence-corrected chi connectivity index (χ2v) is 15.9. The van der Waals surface area contributed by atoms with Crippen LogP contribution in [0.2, 0.25) is 0 Å². The molecule has 7 heteroatoms. The van der Waals surface area contributed by atoms with Gasteiger partial charge in [-0.2, -0.15) is 0 Å². The Labute approximate surface area is 325 Å². The molecular formula is C46H58N2O3S2. The summed E-state index contributed by atoms with van der Waals surface area (Å²) in [5, 5.41) is 0. The molecule has 0 fully saturated rings. The number of hydrogen-bond acceptors (Lipinski definition) is 6. The second kappa shape index (κ2) is 21.7. The molecule has 0 atom stereocenters. The van der Waals surface area contributed by atoms with Gasteiger partial charge in [0.15, 0.2) is 6.29 Å². The molecule has 5 rings (SSSR count). The van der Waals surface area contributed by atoms with Crippen molar-refractivity contribution in [2.24, 2.45) is 0 Å². The molecule has 5 aromatic rings. The van der Waals surface area contributed by atoms with E-state index in [0.29, 0.717) is 13.2 Å². The van der Waals surface area contributed by atoms with Crippen molar-refractivity contribution in [1.82, 2.24) is 4.57 Å². The van der Waals surface area contributed by atoms with Crippen LogP contribution in [0.1, 0.15) is 113 Å². The first kappa shape index (κ1) is 40.3. The van der Waals surface area contributed by atoms with Crippen LogP contribution in [0, 0.1) is 0 Å². The van der Waals surface area contributed by atoms with Crippen LogP contribution in [-0.2, 0) is 22.6 Å². The van der Waals surface area contributed by atoms with E-state index >= 15 is 0 Å². The monoisotopic (exact) mass is 750 g/mol. The zero-order valence-corrected chi connectivity index (χ0v) is 33.7. The molecule has 0 aliphatic rings. The minimum atomic E-state index is 0.618. The van der Waals surface area contributed by atoms with Gasteiger partial charge in [0.05, 0.1) is 44.8 Å². The molecule has 0 amide bonds. The molecule has 0 N–H and O–H groups in total. The Balaban J connectivity index is 1.41. The minimum absolute atomic E-state index is 0.618. The summed E-state index contributed by atoms with van der Waals surface area (Å²) in [4.78, 5) is 16.0. The molecule has 282 valence electrons. The molecule has 0 radical (unpaired) electrons. The molecule has 0 aliphatic carbocycles. The third-order valence-corrected chi connectivity index (χ3v) is 12.0. The largest absolute Gasteiger partial charge is 0.501 e. The number of aromatic nitrogens is 1. The summed E-state index contributed by atoms with van der Waals surface area (Å²) in [5.74, 6) is 0. The summed E-state index contributed by atoms with van der Waals surface area (Å²) in [6.07, 6.45) is 23.0. The van der Waals surface area contributed by atoms with Crippen LogP contribution in [-0.4, -0.2) is 24.1 Å². The van der Waals surface area contributed by atoms with Gasteiger partial charge in [0, 0.05) is 35.1 Å². The second-order valence-electron chi connectivity index (χ2n) is 13.7. The summed E-state index contributed by atoms with van der Waals surface area (Å²) >= 11 is 3.43. The normalized spacial score (nSPS) is 12.0. The van der Waals surface area contributed by atoms with Crippen LogP contribution in [0.3, 0.4) is 0 Å². The molecule has 0 bridgehead atoms. The number of ether oxygens (including phenoxy) is 2. The number of rotatable bonds is 25. The van der Waals surface area contributed by atoms with Crippen molar-refractivity contribution in [2.45, 2.75) is 111 Å². The molecule has 3 heterocycles. The number of carbonyl (C=O) groups excluding carboxylic acids is 1. The van der Waals surface area contributed by atoms with Crippen LogP contribution in [0.25, 0.3) is 30.9 Å². The third kappa shape index (κ3) is 11.1. The fourth-order valence-corrected chi connectivity index (χ4v) is 8.97. The number of thiophene rings is 2. The lowest BCUT2D eigenvalue weighted by molar-refractivity contribution is 0.112. The number of unbranched alkanes of at least 4 members (excludes halogenated alkanes) is 9. The third-order valence-electron chi connectivity index (χ3n) is 9.60. The van der Waals surface area contributed by atoms with Gasteiger partial charge in [-0.05, 0) is 78.9 Å². The maximum absolute atomic E-state index is 11.7. The van der Waals surface area contributed by atoms with Gasteiger partial charge in [0.2, 0.25) is 0 Å². The number of aldehydes is 1. The number of anilines is 2. The zero-order valence-electron chi connectivity index (χ0n) is 32.1. The lowest BCUT2D eigenvalue weighted by Gasteiger charge is -2.26. The average Bonchev–Trinajstić information content (AvgIpc) is 3.87. The Hall–Kier alpha value is -3.91. The van der Waals surface area contributed by atoms with Crippen LogP contribution in [0.5, 0.6) is 0 Å². The lowest BCUT2D eigenvalue weighted by atomic mass is 10.1. The number of allylic oxidation sites excluding steroid dienone is 3. The van der Waals surface area contributed by atoms with E-state index in [9.17, 15) is 4.79 Å². The molecule has 5 nitrogen and oxygen atoms in total. The topological polar surface area (TPSA) is 43.7 Å². The van der Waals surface area contributed by atoms with E-state index in [-0.39, 0.29) is 0 Å². The number of aryl methyl sites for hydroxylation is 1. The molecule has 53 heavy (non-hydrogen) atoms. The van der Waals surface area contributed by atoms with Gasteiger partial charge in [-0.3, -0.25) is 4.79 Å². The number of carbonyl (C=O) groups is 1. The smallest absolute Gasteiger partial charge is 0.160 e. The summed E-state index contributed by atoms with van der Waals surface area (Å²) in [5.41, 5.74) is 7.87. The standard InChI is InChI=1S/C46H58N2O3S2/c1-5-9-12-15-28-47-42-32-41(34-49)52-45(42)46-43(47)33-44(53-46)37-21-25-40(26-22-37)48(38(18-8-4)27-31-50-29-16-13-10-6-2)39-23-19-36(20-24-39)35-51-30-17-14-11-7-3/h8,18-27,31-34H,4-7,9-17,28-30,35H2,1-3H3. The van der Waals surface area contributed by atoms with E-state index in [1.807, 2.05) is 35.8 Å². The SMILES string of the molecule is C=CC=C(C=COCCCCCC)N(c1ccc(COCCCCCC)cc1)c1ccc(-c2cc3c(s2)c2sc(C=O)cc2n3CCCCCC)cc1. The van der Waals surface area contributed by atoms with E-state index in [1.165, 1.54) is 94.2 Å². The number of fused-ring (bicyclic) bond motifs is 3. The summed E-state index contributed by atoms with van der Waals surface area (Å²) in [6, 6.07) is 21.9. The van der Waals surface area contributed by atoms with Gasteiger partial charge < -0.3 is 18.9 Å². The average molecular weight is 751 g/mol. The van der Waals surface area contributed by atoms with E-state index in [0.717, 1.165) is 60.6 Å². The highest BCUT2D eigenvalue weighted by Crippen LogP contribution is 2.44. The van der Waals surface area contributed by atoms with Crippen molar-refractivity contribution >= 4 is 60.8 Å². The molecule has 2 aromatic carbocycles. The van der Waals surface area contributed by atoms with E-state index in [4.69, 9.17) is 9.47 Å². The fourth-order valence-electron chi connectivity index (χ4n) is 6.68. The van der Waals surface area contributed by atoms with E-state index in [2.05, 4.69) is 97.5 Å². The molecule has 0 saturated heterocycles. The number of nitrogens with zero attached hydrogens (tertiary/aromatic N) is 2. The molecule has 0 saturated carbocycles. The quantitative estimate of drug-likeness (QED) is 0.0258. The Kier molecular flexibility index (Phi) is 16.5. The van der Waals surface area contributed by atoms with Crippen molar-refractivity contribution in [3.8, 4) is 10.4 Å². The van der Waals surface area contributed by atoms with Crippen molar-refractivity contribution in [2.75, 3.05) is 18.1 Å². The molecule has 3 aromatic heterocycles. The van der Waals surface area contributed by atoms with Crippen LogP contribution in [0.4, 0.5) is 11.4 Å². The summed E-state index contributed by atoms with van der Waals surface area (Å²) in [6.45, 7) is 13.8. The van der Waals surface area contributed by atoms with Crippen molar-refractivity contribution < 1.29 is 14.3 Å². The van der Waals surface area contributed by atoms with E-state index in [1.54, 1.807) is 11.3 Å². The van der Waals surface area contributed by atoms with Gasteiger partial charge in [0.1, 0.15) is 0 Å². The highest BCUT2D eigenvalue weighted by Gasteiger charge is 2.19. The predicted octanol–water partition coefficient (Wildman–Crippen LogP) is 14.4. The first-order chi connectivity index (χ1) is 26.1. The highest BCUT2D eigenvalue weighted by molar-refractivity contribution is 7.29. The van der Waals surface area contributed by atoms with Crippen molar-refractivity contribution in [1.29, 1.82) is 0 Å². The number of hydrogen-bond donors (Lipinski definition) is 0. The maximum Gasteiger partial charge on any atom is 0.160 e. The Morgan fingerprint density at radius 1 is 0.755 bits per heavy atom. The Bertz CT molecular complexity index is 1910. The highest BCUT2D eigenvalue weighted by atomic mass is 32.1. The predicted molar refractivity (Wildman–Crippen MR) is 230 cm³/mol. The van der Waals surface area contributed by atoms with Crippen LogP contribution >= 0.6 is 22.7 Å². The van der Waals surface area contributed by atoms with Gasteiger partial charge in [0.25, 0.3) is 0 Å². The molecular weight excluding hydrogens is 693 g/mol. The molecule has 0 unspecified atom stereocenters. The van der Waals surface area contributed by atoms with Gasteiger partial charge >= 0.3 is 0 Å². The first-order valence-corrected chi connectivity index (χ1v) is 21.4. The van der Waals surface area contributed by atoms with Crippen LogP contribution < -0.4 is 4.90 Å². The van der Waals surface area contributed by atoms with Crippen molar-refractivity contribution in [3.05, 3.63) is 108 Å². The van der Waals surface area contributed by atoms with Gasteiger partial charge in [-0.25, -0.2) is 0 Å². The minimum Gasteiger partial charge on any atom is -0.501 e.